The van der Waals surface area contributed by atoms with Crippen LogP contribution in [-0.2, 0) is 9.53 Å². The highest BCUT2D eigenvalue weighted by Gasteiger charge is 2.33. The van der Waals surface area contributed by atoms with Crippen LogP contribution in [-0.4, -0.2) is 32.8 Å². The molecule has 1 atom stereocenters. The Morgan fingerprint density at radius 2 is 2.00 bits per heavy atom. The number of allylic oxidation sites excluding steroid dienone is 1. The van der Waals surface area contributed by atoms with E-state index in [2.05, 4.69) is 26.6 Å². The van der Waals surface area contributed by atoms with Crippen LogP contribution in [0.2, 0.25) is 0 Å². The molecule has 130 valence electrons. The fraction of sp³-hybridized carbons (Fsp3) is 0.375. The number of halogens is 1. The summed E-state index contributed by atoms with van der Waals surface area (Å²) in [5.41, 5.74) is 1.43. The van der Waals surface area contributed by atoms with Crippen LogP contribution in [0.15, 0.2) is 27.9 Å². The van der Waals surface area contributed by atoms with Gasteiger partial charge in [0.15, 0.2) is 11.5 Å². The fourth-order valence-electron chi connectivity index (χ4n) is 2.51. The number of amides is 2. The number of carbonyl (C=O) groups excluding carboxylic acids is 2. The quantitative estimate of drug-likeness (QED) is 0.744. The smallest absolute Gasteiger partial charge is 0.337 e. The van der Waals surface area contributed by atoms with Gasteiger partial charge in [0, 0.05) is 10.2 Å². The van der Waals surface area contributed by atoms with Crippen LogP contribution in [0, 0.1) is 0 Å². The molecule has 1 unspecified atom stereocenters. The highest BCUT2D eigenvalue weighted by Crippen LogP contribution is 2.39. The topological polar surface area (TPSA) is 85.9 Å². The standard InChI is InChI=1S/C16H19BrN2O5/c1-5-24-12-6-9(10(17)7-11(12)22-3)14-13(15(20)23-4)8(2)18-16(21)19-14/h6-7,14H,5H2,1-4H3,(H2,18,19,21). The summed E-state index contributed by atoms with van der Waals surface area (Å²) in [5, 5.41) is 5.32. The minimum Gasteiger partial charge on any atom is -0.493 e. The number of carbonyl (C=O) groups is 2. The van der Waals surface area contributed by atoms with Crippen molar-refractivity contribution in [2.75, 3.05) is 20.8 Å². The molecule has 1 aromatic carbocycles. The van der Waals surface area contributed by atoms with Gasteiger partial charge in [0.25, 0.3) is 0 Å². The maximum atomic E-state index is 12.2. The van der Waals surface area contributed by atoms with E-state index in [0.29, 0.717) is 39.4 Å². The van der Waals surface area contributed by atoms with Gasteiger partial charge in [-0.05, 0) is 31.5 Å². The average Bonchev–Trinajstić information content (AvgIpc) is 2.54. The minimum atomic E-state index is -0.675. The van der Waals surface area contributed by atoms with Crippen molar-refractivity contribution in [2.45, 2.75) is 19.9 Å². The third-order valence-corrected chi connectivity index (χ3v) is 4.26. The largest absolute Gasteiger partial charge is 0.493 e. The molecule has 24 heavy (non-hydrogen) atoms. The molecule has 1 aromatic rings. The summed E-state index contributed by atoms with van der Waals surface area (Å²) in [5.74, 6) is 0.548. The van der Waals surface area contributed by atoms with Crippen LogP contribution in [0.1, 0.15) is 25.5 Å². The number of urea groups is 1. The Balaban J connectivity index is 2.59. The molecule has 0 bridgehead atoms. The lowest BCUT2D eigenvalue weighted by atomic mass is 9.95. The van der Waals surface area contributed by atoms with Gasteiger partial charge >= 0.3 is 12.0 Å². The predicted molar refractivity (Wildman–Crippen MR) is 91.0 cm³/mol. The number of rotatable bonds is 5. The number of hydrogen-bond donors (Lipinski definition) is 2. The molecule has 1 aliphatic heterocycles. The molecule has 0 radical (unpaired) electrons. The van der Waals surface area contributed by atoms with Crippen LogP contribution >= 0.6 is 15.9 Å². The van der Waals surface area contributed by atoms with E-state index in [9.17, 15) is 9.59 Å². The summed E-state index contributed by atoms with van der Waals surface area (Å²) in [4.78, 5) is 24.0. The summed E-state index contributed by atoms with van der Waals surface area (Å²) < 4.78 is 16.4. The van der Waals surface area contributed by atoms with E-state index in [1.54, 1.807) is 26.2 Å². The minimum absolute atomic E-state index is 0.324. The monoisotopic (exact) mass is 398 g/mol. The van der Waals surface area contributed by atoms with E-state index in [4.69, 9.17) is 14.2 Å². The SMILES string of the molecule is CCOc1cc(C2NC(=O)NC(C)=C2C(=O)OC)c(Br)cc1OC. The molecule has 0 saturated carbocycles. The molecule has 0 fully saturated rings. The van der Waals surface area contributed by atoms with Crippen LogP contribution in [0.25, 0.3) is 0 Å². The van der Waals surface area contributed by atoms with Gasteiger partial charge in [-0.25, -0.2) is 9.59 Å². The van der Waals surface area contributed by atoms with E-state index in [1.807, 2.05) is 6.92 Å². The van der Waals surface area contributed by atoms with Crippen LogP contribution in [0.5, 0.6) is 11.5 Å². The van der Waals surface area contributed by atoms with Crippen molar-refractivity contribution in [3.05, 3.63) is 33.4 Å². The molecule has 1 aliphatic rings. The molecule has 1 heterocycles. The Labute approximate surface area is 148 Å². The Kier molecular flexibility index (Phi) is 5.71. The molecule has 7 nitrogen and oxygen atoms in total. The van der Waals surface area contributed by atoms with Crippen LogP contribution in [0.4, 0.5) is 4.79 Å². The third kappa shape index (κ3) is 3.48. The van der Waals surface area contributed by atoms with Gasteiger partial charge in [-0.2, -0.15) is 0 Å². The van der Waals surface area contributed by atoms with E-state index >= 15 is 0 Å². The highest BCUT2D eigenvalue weighted by molar-refractivity contribution is 9.10. The van der Waals surface area contributed by atoms with E-state index in [-0.39, 0.29) is 0 Å². The Bertz CT molecular complexity index is 702. The van der Waals surface area contributed by atoms with Crippen LogP contribution in [0.3, 0.4) is 0 Å². The Morgan fingerprint density at radius 1 is 1.29 bits per heavy atom. The zero-order chi connectivity index (χ0) is 17.9. The molecular weight excluding hydrogens is 380 g/mol. The van der Waals surface area contributed by atoms with Gasteiger partial charge in [0.1, 0.15) is 0 Å². The van der Waals surface area contributed by atoms with E-state index < -0.39 is 18.0 Å². The summed E-state index contributed by atoms with van der Waals surface area (Å²) in [6.45, 7) is 3.96. The Hall–Kier alpha value is -2.22. The lowest BCUT2D eigenvalue weighted by Crippen LogP contribution is -2.45. The highest BCUT2D eigenvalue weighted by atomic mass is 79.9. The zero-order valence-corrected chi connectivity index (χ0v) is 15.4. The van der Waals surface area contributed by atoms with Crippen molar-refractivity contribution in [3.63, 3.8) is 0 Å². The first-order chi connectivity index (χ1) is 11.4. The lowest BCUT2D eigenvalue weighted by Gasteiger charge is -2.29. The molecule has 2 rings (SSSR count). The van der Waals surface area contributed by atoms with Gasteiger partial charge in [-0.15, -0.1) is 0 Å². The molecule has 0 aromatic heterocycles. The number of benzene rings is 1. The fourth-order valence-corrected chi connectivity index (χ4v) is 3.06. The first kappa shape index (κ1) is 18.1. The van der Waals surface area contributed by atoms with E-state index in [0.717, 1.165) is 0 Å². The van der Waals surface area contributed by atoms with Crippen molar-refractivity contribution in [2.24, 2.45) is 0 Å². The number of nitrogens with one attached hydrogen (secondary N) is 2. The number of ether oxygens (including phenoxy) is 3. The van der Waals surface area contributed by atoms with Gasteiger partial charge in [0.05, 0.1) is 32.4 Å². The average molecular weight is 399 g/mol. The normalized spacial score (nSPS) is 17.0. The molecule has 2 amide bonds. The van der Waals surface area contributed by atoms with Crippen molar-refractivity contribution in [1.29, 1.82) is 0 Å². The number of hydrogen-bond acceptors (Lipinski definition) is 5. The third-order valence-electron chi connectivity index (χ3n) is 3.57. The maximum Gasteiger partial charge on any atom is 0.337 e. The lowest BCUT2D eigenvalue weighted by molar-refractivity contribution is -0.136. The zero-order valence-electron chi connectivity index (χ0n) is 13.9. The molecular formula is C16H19BrN2O5. The first-order valence-corrected chi connectivity index (χ1v) is 8.09. The van der Waals surface area contributed by atoms with Crippen LogP contribution < -0.4 is 20.1 Å². The molecule has 0 spiro atoms. The van der Waals surface area contributed by atoms with Crippen molar-refractivity contribution in [3.8, 4) is 11.5 Å². The number of methoxy groups -OCH3 is 2. The van der Waals surface area contributed by atoms with Crippen molar-refractivity contribution >= 4 is 27.9 Å². The van der Waals surface area contributed by atoms with Gasteiger partial charge in [-0.3, -0.25) is 0 Å². The Morgan fingerprint density at radius 3 is 2.58 bits per heavy atom. The summed E-state index contributed by atoms with van der Waals surface area (Å²) in [6, 6.07) is 2.40. The van der Waals surface area contributed by atoms with E-state index in [1.165, 1.54) is 7.11 Å². The second-order valence-electron chi connectivity index (χ2n) is 5.02. The predicted octanol–water partition coefficient (Wildman–Crippen LogP) is 2.66. The van der Waals surface area contributed by atoms with Gasteiger partial charge in [0.2, 0.25) is 0 Å². The molecule has 8 heteroatoms. The number of esters is 1. The van der Waals surface area contributed by atoms with Crippen molar-refractivity contribution < 1.29 is 23.8 Å². The van der Waals surface area contributed by atoms with Gasteiger partial charge in [-0.1, -0.05) is 15.9 Å². The molecule has 2 N–H and O–H groups in total. The summed E-state index contributed by atoms with van der Waals surface area (Å²) in [7, 11) is 2.84. The summed E-state index contributed by atoms with van der Waals surface area (Å²) >= 11 is 3.47. The second-order valence-corrected chi connectivity index (χ2v) is 5.87. The summed E-state index contributed by atoms with van der Waals surface area (Å²) in [6.07, 6.45) is 0. The first-order valence-electron chi connectivity index (χ1n) is 7.29. The van der Waals surface area contributed by atoms with Crippen molar-refractivity contribution in [1.82, 2.24) is 10.6 Å². The molecule has 0 saturated heterocycles. The molecule has 0 aliphatic carbocycles. The maximum absolute atomic E-state index is 12.2. The van der Waals surface area contributed by atoms with Gasteiger partial charge < -0.3 is 24.8 Å². The second kappa shape index (κ2) is 7.57.